The van der Waals surface area contributed by atoms with Crippen LogP contribution in [-0.2, 0) is 14.8 Å². The number of hydrogen-bond acceptors (Lipinski definition) is 4. The summed E-state index contributed by atoms with van der Waals surface area (Å²) in [4.78, 5) is -0.0182. The van der Waals surface area contributed by atoms with Gasteiger partial charge in [-0.3, -0.25) is 0 Å². The third-order valence-electron chi connectivity index (χ3n) is 2.99. The van der Waals surface area contributed by atoms with E-state index >= 15 is 0 Å². The van der Waals surface area contributed by atoms with Gasteiger partial charge < -0.3 is 9.84 Å². The van der Waals surface area contributed by atoms with E-state index in [2.05, 4.69) is 4.72 Å². The highest BCUT2D eigenvalue weighted by molar-refractivity contribution is 7.89. The maximum Gasteiger partial charge on any atom is 0.242 e. The summed E-state index contributed by atoms with van der Waals surface area (Å²) in [5.41, 5.74) is 0.990. The summed E-state index contributed by atoms with van der Waals surface area (Å²) >= 11 is 12.1. The lowest BCUT2D eigenvalue weighted by Gasteiger charge is -2.15. The standard InChI is InChI=1S/C13H19Cl2NO4S/c1-8-6-11(14)9(2)13(12(8)15)21(18,19)16-5-4-10(17)7-20-3/h6,10,16-17H,4-5,7H2,1-3H3. The first kappa shape index (κ1) is 18.7. The molecule has 0 fully saturated rings. The molecule has 0 radical (unpaired) electrons. The first-order valence-corrected chi connectivity index (χ1v) is 8.56. The third-order valence-corrected chi connectivity index (χ3v) is 5.61. The molecule has 0 saturated carbocycles. The van der Waals surface area contributed by atoms with Gasteiger partial charge >= 0.3 is 0 Å². The molecule has 0 aliphatic heterocycles. The van der Waals surface area contributed by atoms with Crippen molar-refractivity contribution in [3.05, 3.63) is 27.2 Å². The highest BCUT2D eigenvalue weighted by Crippen LogP contribution is 2.33. The molecule has 0 aromatic heterocycles. The number of ether oxygens (including phenoxy) is 1. The Labute approximate surface area is 135 Å². The quantitative estimate of drug-likeness (QED) is 0.786. The smallest absolute Gasteiger partial charge is 0.242 e. The Hall–Kier alpha value is -0.370. The zero-order chi connectivity index (χ0) is 16.2. The predicted molar refractivity (Wildman–Crippen MR) is 83.6 cm³/mol. The van der Waals surface area contributed by atoms with Gasteiger partial charge in [0, 0.05) is 18.7 Å². The molecule has 120 valence electrons. The van der Waals surface area contributed by atoms with Crippen LogP contribution in [0.15, 0.2) is 11.0 Å². The maximum absolute atomic E-state index is 12.4. The molecule has 0 heterocycles. The number of benzene rings is 1. The van der Waals surface area contributed by atoms with Gasteiger partial charge in [-0.15, -0.1) is 0 Å². The number of sulfonamides is 1. The summed E-state index contributed by atoms with van der Waals surface area (Å²) in [6.45, 7) is 3.52. The van der Waals surface area contributed by atoms with E-state index in [-0.39, 0.29) is 29.5 Å². The molecule has 0 amide bonds. The molecule has 0 aliphatic carbocycles. The molecule has 1 rings (SSSR count). The van der Waals surface area contributed by atoms with Crippen molar-refractivity contribution in [1.82, 2.24) is 4.72 Å². The van der Waals surface area contributed by atoms with Gasteiger partial charge in [0.25, 0.3) is 0 Å². The fraction of sp³-hybridized carbons (Fsp3) is 0.538. The minimum absolute atomic E-state index is 0.0182. The van der Waals surface area contributed by atoms with E-state index in [0.717, 1.165) is 0 Å². The number of aryl methyl sites for hydroxylation is 1. The Morgan fingerprint density at radius 1 is 1.38 bits per heavy atom. The summed E-state index contributed by atoms with van der Waals surface area (Å²) in [6.07, 6.45) is -0.487. The van der Waals surface area contributed by atoms with Crippen molar-refractivity contribution in [1.29, 1.82) is 0 Å². The van der Waals surface area contributed by atoms with Crippen LogP contribution in [0.5, 0.6) is 0 Å². The minimum atomic E-state index is -3.80. The van der Waals surface area contributed by atoms with E-state index in [9.17, 15) is 13.5 Å². The molecule has 0 saturated heterocycles. The second-order valence-electron chi connectivity index (χ2n) is 4.74. The lowest BCUT2D eigenvalue weighted by molar-refractivity contribution is 0.0603. The maximum atomic E-state index is 12.4. The second-order valence-corrected chi connectivity index (χ2v) is 7.23. The predicted octanol–water partition coefficient (Wildman–Crippen LogP) is 2.29. The van der Waals surface area contributed by atoms with Crippen molar-refractivity contribution in [3.63, 3.8) is 0 Å². The van der Waals surface area contributed by atoms with E-state index in [1.165, 1.54) is 7.11 Å². The fourth-order valence-corrected chi connectivity index (χ4v) is 4.10. The molecule has 5 nitrogen and oxygen atoms in total. The van der Waals surface area contributed by atoms with Gasteiger partial charge in [-0.1, -0.05) is 23.2 Å². The molecule has 2 N–H and O–H groups in total. The lowest BCUT2D eigenvalue weighted by Crippen LogP contribution is -2.29. The van der Waals surface area contributed by atoms with Gasteiger partial charge in [-0.25, -0.2) is 13.1 Å². The van der Waals surface area contributed by atoms with Crippen LogP contribution in [0.25, 0.3) is 0 Å². The number of nitrogens with one attached hydrogen (secondary N) is 1. The van der Waals surface area contributed by atoms with E-state index in [0.29, 0.717) is 16.1 Å². The van der Waals surface area contributed by atoms with Gasteiger partial charge in [0.05, 0.1) is 17.7 Å². The third kappa shape index (κ3) is 4.81. The largest absolute Gasteiger partial charge is 0.391 e. The van der Waals surface area contributed by atoms with Gasteiger partial charge in [0.1, 0.15) is 4.90 Å². The SMILES string of the molecule is COCC(O)CCNS(=O)(=O)c1c(C)c(Cl)cc(C)c1Cl. The van der Waals surface area contributed by atoms with Crippen molar-refractivity contribution in [2.75, 3.05) is 20.3 Å². The van der Waals surface area contributed by atoms with E-state index in [1.54, 1.807) is 19.9 Å². The number of methoxy groups -OCH3 is 1. The Morgan fingerprint density at radius 3 is 2.57 bits per heavy atom. The summed E-state index contributed by atoms with van der Waals surface area (Å²) in [6, 6.07) is 1.63. The molecular formula is C13H19Cl2NO4S. The first-order chi connectivity index (χ1) is 9.70. The summed E-state index contributed by atoms with van der Waals surface area (Å²) < 4.78 is 31.9. The topological polar surface area (TPSA) is 75.6 Å². The van der Waals surface area contributed by atoms with Crippen molar-refractivity contribution in [3.8, 4) is 0 Å². The minimum Gasteiger partial charge on any atom is -0.391 e. The number of rotatable bonds is 7. The molecule has 0 spiro atoms. The van der Waals surface area contributed by atoms with Crippen LogP contribution in [0.2, 0.25) is 10.0 Å². The van der Waals surface area contributed by atoms with Gasteiger partial charge in [0.2, 0.25) is 10.0 Å². The Bertz CT molecular complexity index is 578. The van der Waals surface area contributed by atoms with Gasteiger partial charge in [-0.05, 0) is 37.5 Å². The molecule has 0 bridgehead atoms. The van der Waals surface area contributed by atoms with Crippen LogP contribution in [0.4, 0.5) is 0 Å². The molecule has 1 aromatic rings. The van der Waals surface area contributed by atoms with Crippen molar-refractivity contribution < 1.29 is 18.3 Å². The van der Waals surface area contributed by atoms with Crippen LogP contribution in [0.1, 0.15) is 17.5 Å². The van der Waals surface area contributed by atoms with Gasteiger partial charge in [-0.2, -0.15) is 0 Å². The molecule has 8 heteroatoms. The number of aliphatic hydroxyl groups excluding tert-OH is 1. The number of aliphatic hydroxyl groups is 1. The van der Waals surface area contributed by atoms with Crippen LogP contribution >= 0.6 is 23.2 Å². The number of hydrogen-bond donors (Lipinski definition) is 2. The van der Waals surface area contributed by atoms with E-state index in [4.69, 9.17) is 27.9 Å². The average Bonchev–Trinajstić information content (AvgIpc) is 2.36. The summed E-state index contributed by atoms with van der Waals surface area (Å²) in [5, 5.41) is 10.0. The highest BCUT2D eigenvalue weighted by atomic mass is 35.5. The number of halogens is 2. The van der Waals surface area contributed by atoms with Crippen LogP contribution in [0.3, 0.4) is 0 Å². The zero-order valence-corrected chi connectivity index (χ0v) is 14.4. The molecule has 1 aromatic carbocycles. The van der Waals surface area contributed by atoms with Crippen LogP contribution < -0.4 is 4.72 Å². The molecule has 21 heavy (non-hydrogen) atoms. The second kappa shape index (κ2) is 7.76. The monoisotopic (exact) mass is 355 g/mol. The average molecular weight is 356 g/mol. The van der Waals surface area contributed by atoms with Crippen LogP contribution in [0, 0.1) is 13.8 Å². The zero-order valence-electron chi connectivity index (χ0n) is 12.1. The molecular weight excluding hydrogens is 337 g/mol. The molecule has 1 atom stereocenters. The molecule has 0 aliphatic rings. The Morgan fingerprint density at radius 2 is 2.00 bits per heavy atom. The van der Waals surface area contributed by atoms with Crippen LogP contribution in [-0.4, -0.2) is 39.9 Å². The normalized spacial score (nSPS) is 13.4. The summed E-state index contributed by atoms with van der Waals surface area (Å²) in [5.74, 6) is 0. The highest BCUT2D eigenvalue weighted by Gasteiger charge is 2.23. The van der Waals surface area contributed by atoms with Crippen molar-refractivity contribution in [2.24, 2.45) is 0 Å². The van der Waals surface area contributed by atoms with Gasteiger partial charge in [0.15, 0.2) is 0 Å². The fourth-order valence-electron chi connectivity index (χ4n) is 1.84. The van der Waals surface area contributed by atoms with Crippen molar-refractivity contribution in [2.45, 2.75) is 31.3 Å². The van der Waals surface area contributed by atoms with Crippen molar-refractivity contribution >= 4 is 33.2 Å². The lowest BCUT2D eigenvalue weighted by atomic mass is 10.2. The summed E-state index contributed by atoms with van der Waals surface area (Å²) in [7, 11) is -2.33. The first-order valence-electron chi connectivity index (χ1n) is 6.32. The molecule has 1 unspecified atom stereocenters. The van der Waals surface area contributed by atoms with E-state index in [1.807, 2.05) is 0 Å². The Kier molecular flexibility index (Phi) is 6.90. The Balaban J connectivity index is 2.94. The van der Waals surface area contributed by atoms with E-state index < -0.39 is 16.1 Å².